The van der Waals surface area contributed by atoms with Gasteiger partial charge < -0.3 is 47.4 Å². The molecule has 5 atom stereocenters. The van der Waals surface area contributed by atoms with Crippen molar-refractivity contribution in [2.75, 3.05) is 13.6 Å². The molecule has 0 radical (unpaired) electrons. The zero-order chi connectivity index (χ0) is 40.4. The van der Waals surface area contributed by atoms with Crippen molar-refractivity contribution in [1.29, 1.82) is 0 Å². The van der Waals surface area contributed by atoms with Gasteiger partial charge in [-0.3, -0.25) is 38.4 Å². The third-order valence-electron chi connectivity index (χ3n) is 8.73. The minimum absolute atomic E-state index is 0.0216. The number of carbonyl (C=O) groups is 9. The predicted molar refractivity (Wildman–Crippen MR) is 191 cm³/mol. The zero-order valence-electron chi connectivity index (χ0n) is 31.7. The largest absolute Gasteiger partial charge is 0.481 e. The maximum Gasteiger partial charge on any atom is 0.326 e. The Hall–Kier alpha value is -4.77. The molecular weight excluding hydrogens is 694 g/mol. The second kappa shape index (κ2) is 23.0. The topological polar surface area (TPSA) is 284 Å². The number of aliphatic carboxylic acids is 2. The van der Waals surface area contributed by atoms with E-state index in [1.807, 2.05) is 0 Å². The second-order valence-corrected chi connectivity index (χ2v) is 14.7. The van der Waals surface area contributed by atoms with E-state index in [0.29, 0.717) is 0 Å². The Kier molecular flexibility index (Phi) is 20.1. The van der Waals surface area contributed by atoms with Crippen LogP contribution >= 0.6 is 0 Å². The van der Waals surface area contributed by atoms with Gasteiger partial charge in [0.05, 0.1) is 13.0 Å². The molecule has 7 amide bonds. The summed E-state index contributed by atoms with van der Waals surface area (Å²) < 4.78 is 0. The van der Waals surface area contributed by atoms with Crippen LogP contribution in [0.3, 0.4) is 0 Å². The lowest BCUT2D eigenvalue weighted by atomic mass is 9.84. The van der Waals surface area contributed by atoms with Crippen LogP contribution in [-0.2, 0) is 43.2 Å². The van der Waals surface area contributed by atoms with Crippen LogP contribution in [0, 0.1) is 17.8 Å². The third kappa shape index (κ3) is 18.5. The lowest BCUT2D eigenvalue weighted by molar-refractivity contribution is -0.143. The molecule has 0 aromatic heterocycles. The summed E-state index contributed by atoms with van der Waals surface area (Å²) in [6.07, 6.45) is 3.53. The molecule has 0 saturated heterocycles. The van der Waals surface area contributed by atoms with Gasteiger partial charge in [0.1, 0.15) is 30.2 Å². The van der Waals surface area contributed by atoms with Crippen LogP contribution in [0.2, 0.25) is 0 Å². The summed E-state index contributed by atoms with van der Waals surface area (Å²) in [6.45, 7) is 7.79. The van der Waals surface area contributed by atoms with Crippen LogP contribution < -0.4 is 32.3 Å². The minimum atomic E-state index is -1.69. The van der Waals surface area contributed by atoms with Gasteiger partial charge >= 0.3 is 11.9 Å². The molecule has 0 aromatic carbocycles. The number of hydrogen-bond acceptors (Lipinski definition) is 9. The van der Waals surface area contributed by atoms with E-state index in [1.165, 1.54) is 14.0 Å². The first-order valence-corrected chi connectivity index (χ1v) is 18.1. The molecule has 18 nitrogen and oxygen atoms in total. The molecule has 1 aliphatic rings. The van der Waals surface area contributed by atoms with Gasteiger partial charge in [-0.2, -0.15) is 0 Å². The van der Waals surface area contributed by atoms with Crippen molar-refractivity contribution in [2.24, 2.45) is 23.5 Å². The van der Waals surface area contributed by atoms with Crippen molar-refractivity contribution in [3.63, 3.8) is 0 Å². The number of hydrogen-bond donors (Lipinski definition) is 8. The first-order chi connectivity index (χ1) is 24.7. The monoisotopic (exact) mass is 753 g/mol. The molecular formula is C35H59N7O11. The number of carbonyl (C=O) groups excluding carboxylic acids is 7. The van der Waals surface area contributed by atoms with Crippen molar-refractivity contribution >= 4 is 53.3 Å². The van der Waals surface area contributed by atoms with E-state index in [-0.39, 0.29) is 49.9 Å². The summed E-state index contributed by atoms with van der Waals surface area (Å²) in [5.74, 6) is -8.19. The molecule has 0 heterocycles. The number of carboxylic acids is 2. The van der Waals surface area contributed by atoms with Gasteiger partial charge in [0, 0.05) is 20.4 Å². The maximum atomic E-state index is 13.8. The predicted octanol–water partition coefficient (Wildman–Crippen LogP) is -0.224. The van der Waals surface area contributed by atoms with Crippen LogP contribution in [0.15, 0.2) is 0 Å². The number of nitrogens with two attached hydrogens (primary N) is 1. The van der Waals surface area contributed by atoms with Crippen LogP contribution in [0.4, 0.5) is 0 Å². The molecule has 18 heteroatoms. The summed E-state index contributed by atoms with van der Waals surface area (Å²) >= 11 is 0. The normalized spacial score (nSPS) is 15.9. The fourth-order valence-corrected chi connectivity index (χ4v) is 6.17. The number of amides is 7. The highest BCUT2D eigenvalue weighted by atomic mass is 16.4. The van der Waals surface area contributed by atoms with Crippen molar-refractivity contribution in [1.82, 2.24) is 31.5 Å². The third-order valence-corrected chi connectivity index (χ3v) is 8.73. The van der Waals surface area contributed by atoms with Crippen molar-refractivity contribution in [3.05, 3.63) is 0 Å². The smallest absolute Gasteiger partial charge is 0.326 e. The quantitative estimate of drug-likeness (QED) is 0.0675. The fourth-order valence-electron chi connectivity index (χ4n) is 6.17. The van der Waals surface area contributed by atoms with E-state index in [0.717, 1.165) is 37.0 Å². The summed E-state index contributed by atoms with van der Waals surface area (Å²) in [6, 6.07) is -6.55. The average molecular weight is 754 g/mol. The summed E-state index contributed by atoms with van der Waals surface area (Å²) in [7, 11) is 1.30. The highest BCUT2D eigenvalue weighted by Crippen LogP contribution is 2.27. The van der Waals surface area contributed by atoms with E-state index in [1.54, 1.807) is 27.7 Å². The molecule has 9 N–H and O–H groups in total. The molecule has 1 aliphatic carbocycles. The molecule has 53 heavy (non-hydrogen) atoms. The number of carboxylic acid groups (broad SMARTS) is 2. The first kappa shape index (κ1) is 46.3. The Labute approximate surface area is 310 Å². The number of likely N-dealkylation sites (N-methyl/N-ethyl adjacent to an activating group) is 1. The highest BCUT2D eigenvalue weighted by molar-refractivity contribution is 5.97. The van der Waals surface area contributed by atoms with Crippen molar-refractivity contribution in [3.8, 4) is 0 Å². The molecule has 0 spiro atoms. The van der Waals surface area contributed by atoms with Gasteiger partial charge in [-0.1, -0.05) is 59.8 Å². The highest BCUT2D eigenvalue weighted by Gasteiger charge is 2.35. The molecule has 1 saturated carbocycles. The summed E-state index contributed by atoms with van der Waals surface area (Å²) in [4.78, 5) is 115. The van der Waals surface area contributed by atoms with Gasteiger partial charge in [-0.15, -0.1) is 0 Å². The Morgan fingerprint density at radius 2 is 1.21 bits per heavy atom. The zero-order valence-corrected chi connectivity index (χ0v) is 31.7. The Morgan fingerprint density at radius 1 is 0.698 bits per heavy atom. The van der Waals surface area contributed by atoms with E-state index >= 15 is 0 Å². The van der Waals surface area contributed by atoms with Gasteiger partial charge in [-0.25, -0.2) is 4.79 Å². The summed E-state index contributed by atoms with van der Waals surface area (Å²) in [5, 5.41) is 31.5. The SMILES string of the molecule is CC(=O)N[C@@H](CCC(N)=O)C(=O)N[C@@H](CC1CCCCC1)C(=O)N[C@@H](CC(=O)O)C(=O)N[C@@H](CC(C)C)C(=O)N(C)CC(=O)N[C@@H](CC(C)C)C(=O)O. The fraction of sp³-hybridized carbons (Fsp3) is 0.743. The second-order valence-electron chi connectivity index (χ2n) is 14.7. The molecule has 0 bridgehead atoms. The molecule has 1 rings (SSSR count). The number of primary amides is 1. The van der Waals surface area contributed by atoms with Crippen LogP contribution in [0.25, 0.3) is 0 Å². The van der Waals surface area contributed by atoms with Crippen LogP contribution in [0.5, 0.6) is 0 Å². The van der Waals surface area contributed by atoms with Gasteiger partial charge in [0.15, 0.2) is 0 Å². The van der Waals surface area contributed by atoms with Gasteiger partial charge in [0.2, 0.25) is 41.4 Å². The van der Waals surface area contributed by atoms with E-state index in [9.17, 15) is 53.4 Å². The Bertz CT molecular complexity index is 1320. The molecule has 0 unspecified atom stereocenters. The van der Waals surface area contributed by atoms with Crippen LogP contribution in [0.1, 0.15) is 105 Å². The van der Waals surface area contributed by atoms with Gasteiger partial charge in [-0.05, 0) is 43.4 Å². The standard InChI is InChI=1S/C35H59N7O11/c1-19(2)14-26(34(51)42(6)18-29(45)38-27(35(52)53)15-20(3)4)41-33(50)25(17-30(46)47)40-32(49)24(16-22-10-8-7-9-11-22)39-31(48)23(37-21(5)43)12-13-28(36)44/h19-20,22-27H,7-18H2,1-6H3,(H2,36,44)(H,37,43)(H,38,45)(H,39,48)(H,40,49)(H,41,50)(H,46,47)(H,52,53)/t23-,24-,25-,26-,27-/m0/s1. The molecule has 1 fully saturated rings. The van der Waals surface area contributed by atoms with Crippen LogP contribution in [-0.4, -0.2) is 112 Å². The Balaban J connectivity index is 3.25. The van der Waals surface area contributed by atoms with Crippen molar-refractivity contribution in [2.45, 2.75) is 135 Å². The van der Waals surface area contributed by atoms with E-state index in [4.69, 9.17) is 5.73 Å². The maximum absolute atomic E-state index is 13.8. The van der Waals surface area contributed by atoms with Crippen molar-refractivity contribution < 1.29 is 53.4 Å². The van der Waals surface area contributed by atoms with E-state index in [2.05, 4.69) is 26.6 Å². The number of nitrogens with zero attached hydrogens (tertiary/aromatic N) is 1. The first-order valence-electron chi connectivity index (χ1n) is 18.1. The number of nitrogens with one attached hydrogen (secondary N) is 5. The molecule has 300 valence electrons. The van der Waals surface area contributed by atoms with E-state index < -0.39 is 96.5 Å². The Morgan fingerprint density at radius 3 is 1.72 bits per heavy atom. The molecule has 0 aromatic rings. The van der Waals surface area contributed by atoms with Gasteiger partial charge in [0.25, 0.3) is 0 Å². The molecule has 0 aliphatic heterocycles. The number of rotatable bonds is 23. The lowest BCUT2D eigenvalue weighted by Crippen LogP contribution is -2.59. The summed E-state index contributed by atoms with van der Waals surface area (Å²) in [5.41, 5.74) is 5.23. The lowest BCUT2D eigenvalue weighted by Gasteiger charge is -2.30. The average Bonchev–Trinajstić information content (AvgIpc) is 3.04. The minimum Gasteiger partial charge on any atom is -0.481 e.